The Hall–Kier alpha value is -2.57. The number of rotatable bonds is 20. The molecule has 1 fully saturated rings. The van der Waals surface area contributed by atoms with E-state index in [9.17, 15) is 9.90 Å². The summed E-state index contributed by atoms with van der Waals surface area (Å²) in [4.78, 5) is 15.7. The number of nitrogens with one attached hydrogen (secondary N) is 1. The van der Waals surface area contributed by atoms with Gasteiger partial charge in [0.2, 0.25) is 12.7 Å². The summed E-state index contributed by atoms with van der Waals surface area (Å²) in [5.74, 6) is 1.90. The number of carbonyl (C=O) groups excluding carboxylic acids is 1. The molecule has 6 heteroatoms. The molecule has 2 N–H and O–H groups in total. The maximum Gasteiger partial charge on any atom is 0.231 e. The summed E-state index contributed by atoms with van der Waals surface area (Å²) in [5, 5.41) is 14.5. The van der Waals surface area contributed by atoms with Crippen LogP contribution in [0, 0.1) is 0 Å². The van der Waals surface area contributed by atoms with E-state index in [1.807, 2.05) is 42.5 Å². The lowest BCUT2D eigenvalue weighted by atomic mass is 9.88. The van der Waals surface area contributed by atoms with E-state index in [-0.39, 0.29) is 24.7 Å². The first-order chi connectivity index (χ1) is 20.7. The predicted molar refractivity (Wildman–Crippen MR) is 170 cm³/mol. The molecule has 2 aliphatic heterocycles. The smallest absolute Gasteiger partial charge is 0.231 e. The third-order valence-electron chi connectivity index (χ3n) is 9.02. The number of aliphatic hydroxyl groups is 1. The van der Waals surface area contributed by atoms with Gasteiger partial charge in [0.05, 0.1) is 6.04 Å². The van der Waals surface area contributed by atoms with Crippen LogP contribution in [0.15, 0.2) is 48.5 Å². The predicted octanol–water partition coefficient (Wildman–Crippen LogP) is 7.90. The molecule has 1 saturated heterocycles. The number of carbonyl (C=O) groups is 1. The molecule has 2 aromatic rings. The van der Waals surface area contributed by atoms with Crippen LogP contribution >= 0.6 is 0 Å². The number of ether oxygens (including phenoxy) is 2. The number of aliphatic hydroxyl groups excluding tert-OH is 1. The van der Waals surface area contributed by atoms with E-state index >= 15 is 0 Å². The van der Waals surface area contributed by atoms with Crippen molar-refractivity contribution < 1.29 is 19.4 Å². The van der Waals surface area contributed by atoms with Crippen molar-refractivity contribution in [3.8, 4) is 11.5 Å². The molecule has 0 aromatic heterocycles. The molecule has 4 rings (SSSR count). The van der Waals surface area contributed by atoms with E-state index in [1.54, 1.807) is 0 Å². The first-order valence-electron chi connectivity index (χ1n) is 16.8. The standard InChI is InChI=1S/C36H54N2O4/c1-2-3-4-5-6-7-8-9-10-12-18-29(31-21-17-22-33-36(31)42-28-41-33)23-24-34(39)37-32(27-38-25-15-16-26-38)35(40)30-19-13-11-14-20-30/h11,13-14,17,19-22,29,32,35,40H,2-10,12,15-16,18,23-28H2,1H3,(H,37,39). The van der Waals surface area contributed by atoms with Gasteiger partial charge < -0.3 is 24.8 Å². The van der Waals surface area contributed by atoms with Crippen molar-refractivity contribution >= 4 is 5.91 Å². The van der Waals surface area contributed by atoms with Gasteiger partial charge in [0.15, 0.2) is 11.5 Å². The van der Waals surface area contributed by atoms with Crippen LogP contribution in [-0.4, -0.2) is 48.4 Å². The third kappa shape index (κ3) is 10.3. The quantitative estimate of drug-likeness (QED) is 0.156. The van der Waals surface area contributed by atoms with E-state index in [0.29, 0.717) is 13.0 Å². The lowest BCUT2D eigenvalue weighted by molar-refractivity contribution is -0.123. The maximum atomic E-state index is 13.4. The Morgan fingerprint density at radius 2 is 1.55 bits per heavy atom. The Labute approximate surface area is 254 Å². The molecular weight excluding hydrogens is 524 g/mol. The van der Waals surface area contributed by atoms with Crippen molar-refractivity contribution in [1.29, 1.82) is 0 Å². The largest absolute Gasteiger partial charge is 0.454 e. The molecule has 0 aliphatic carbocycles. The second kappa shape index (κ2) is 18.2. The Bertz CT molecular complexity index is 1040. The molecule has 0 spiro atoms. The summed E-state index contributed by atoms with van der Waals surface area (Å²) in [6.45, 7) is 5.24. The Morgan fingerprint density at radius 3 is 2.26 bits per heavy atom. The average molecular weight is 579 g/mol. The van der Waals surface area contributed by atoms with E-state index in [4.69, 9.17) is 9.47 Å². The van der Waals surface area contributed by atoms with Gasteiger partial charge in [0.25, 0.3) is 0 Å². The second-order valence-electron chi connectivity index (χ2n) is 12.3. The molecule has 1 amide bonds. The summed E-state index contributed by atoms with van der Waals surface area (Å²) < 4.78 is 11.5. The number of hydrogen-bond acceptors (Lipinski definition) is 5. The molecule has 2 heterocycles. The molecule has 6 nitrogen and oxygen atoms in total. The Morgan fingerprint density at radius 1 is 0.857 bits per heavy atom. The molecular formula is C36H54N2O4. The number of benzene rings is 2. The minimum atomic E-state index is -0.735. The van der Waals surface area contributed by atoms with Crippen LogP contribution in [-0.2, 0) is 4.79 Å². The van der Waals surface area contributed by atoms with E-state index in [2.05, 4.69) is 23.2 Å². The van der Waals surface area contributed by atoms with Crippen LogP contribution in [0.4, 0.5) is 0 Å². The SMILES string of the molecule is CCCCCCCCCCCCC(CCC(=O)NC(CN1CCCC1)C(O)c1ccccc1)c1cccc2c1OCO2. The summed E-state index contributed by atoms with van der Waals surface area (Å²) in [6, 6.07) is 15.5. The van der Waals surface area contributed by atoms with Crippen molar-refractivity contribution in [2.75, 3.05) is 26.4 Å². The summed E-state index contributed by atoms with van der Waals surface area (Å²) in [7, 11) is 0. The van der Waals surface area contributed by atoms with Gasteiger partial charge in [-0.1, -0.05) is 114 Å². The van der Waals surface area contributed by atoms with Crippen LogP contribution in [0.5, 0.6) is 11.5 Å². The molecule has 3 unspecified atom stereocenters. The highest BCUT2D eigenvalue weighted by Gasteiger charge is 2.28. The van der Waals surface area contributed by atoms with Crippen molar-refractivity contribution in [3.63, 3.8) is 0 Å². The van der Waals surface area contributed by atoms with E-state index in [1.165, 1.54) is 70.6 Å². The average Bonchev–Trinajstić information content (AvgIpc) is 3.72. The maximum absolute atomic E-state index is 13.4. The molecule has 0 saturated carbocycles. The highest BCUT2D eigenvalue weighted by Crippen LogP contribution is 2.42. The fraction of sp³-hybridized carbons (Fsp3) is 0.639. The van der Waals surface area contributed by atoms with Crippen molar-refractivity contribution in [1.82, 2.24) is 10.2 Å². The zero-order valence-corrected chi connectivity index (χ0v) is 25.9. The van der Waals surface area contributed by atoms with Crippen LogP contribution in [0.2, 0.25) is 0 Å². The first kappa shape index (κ1) is 32.3. The van der Waals surface area contributed by atoms with Crippen LogP contribution in [0.3, 0.4) is 0 Å². The number of nitrogens with zero attached hydrogens (tertiary/aromatic N) is 1. The van der Waals surface area contributed by atoms with Gasteiger partial charge in [0.1, 0.15) is 6.10 Å². The van der Waals surface area contributed by atoms with Gasteiger partial charge >= 0.3 is 0 Å². The molecule has 42 heavy (non-hydrogen) atoms. The van der Waals surface area contributed by atoms with Gasteiger partial charge in [0, 0.05) is 18.5 Å². The fourth-order valence-corrected chi connectivity index (χ4v) is 6.54. The second-order valence-corrected chi connectivity index (χ2v) is 12.3. The van der Waals surface area contributed by atoms with Crippen LogP contribution in [0.25, 0.3) is 0 Å². The molecule has 2 aromatic carbocycles. The van der Waals surface area contributed by atoms with Gasteiger partial charge in [-0.25, -0.2) is 0 Å². The van der Waals surface area contributed by atoms with E-state index in [0.717, 1.165) is 55.0 Å². The number of likely N-dealkylation sites (tertiary alicyclic amines) is 1. The van der Waals surface area contributed by atoms with Crippen molar-refractivity contribution in [3.05, 3.63) is 59.7 Å². The minimum Gasteiger partial charge on any atom is -0.454 e. The van der Waals surface area contributed by atoms with Gasteiger partial charge in [-0.3, -0.25) is 4.79 Å². The summed E-state index contributed by atoms with van der Waals surface area (Å²) in [5.41, 5.74) is 2.00. The van der Waals surface area contributed by atoms with Gasteiger partial charge in [-0.05, 0) is 56.3 Å². The zero-order chi connectivity index (χ0) is 29.4. The third-order valence-corrected chi connectivity index (χ3v) is 9.02. The molecule has 0 bridgehead atoms. The number of fused-ring (bicyclic) bond motifs is 1. The normalized spacial score (nSPS) is 16.8. The minimum absolute atomic E-state index is 0.00648. The van der Waals surface area contributed by atoms with Crippen molar-refractivity contribution in [2.24, 2.45) is 0 Å². The summed E-state index contributed by atoms with van der Waals surface area (Å²) in [6.07, 6.45) is 16.9. The lowest BCUT2D eigenvalue weighted by Gasteiger charge is -2.29. The van der Waals surface area contributed by atoms with Gasteiger partial charge in [-0.2, -0.15) is 0 Å². The number of amides is 1. The Kier molecular flexibility index (Phi) is 14.0. The summed E-state index contributed by atoms with van der Waals surface area (Å²) >= 11 is 0. The molecule has 3 atom stereocenters. The Balaban J connectivity index is 1.31. The zero-order valence-electron chi connectivity index (χ0n) is 25.9. The van der Waals surface area contributed by atoms with Gasteiger partial charge in [-0.15, -0.1) is 0 Å². The van der Waals surface area contributed by atoms with Crippen LogP contribution < -0.4 is 14.8 Å². The first-order valence-corrected chi connectivity index (χ1v) is 16.8. The number of hydrogen-bond donors (Lipinski definition) is 2. The monoisotopic (exact) mass is 578 g/mol. The topological polar surface area (TPSA) is 71.0 Å². The lowest BCUT2D eigenvalue weighted by Crippen LogP contribution is -2.46. The molecule has 232 valence electrons. The van der Waals surface area contributed by atoms with E-state index < -0.39 is 6.10 Å². The fourth-order valence-electron chi connectivity index (χ4n) is 6.54. The number of unbranched alkanes of at least 4 members (excludes halogenated alkanes) is 9. The molecule has 0 radical (unpaired) electrons. The molecule has 2 aliphatic rings. The highest BCUT2D eigenvalue weighted by molar-refractivity contribution is 5.76. The van der Waals surface area contributed by atoms with Crippen molar-refractivity contribution in [2.45, 2.75) is 121 Å². The van der Waals surface area contributed by atoms with Crippen LogP contribution in [0.1, 0.15) is 126 Å². The highest BCUT2D eigenvalue weighted by atomic mass is 16.7. The number of para-hydroxylation sites is 1.